The number of benzene rings is 1. The minimum Gasteiger partial charge on any atom is -0.493 e. The Labute approximate surface area is 202 Å². The molecule has 1 aliphatic carbocycles. The monoisotopic (exact) mass is 469 g/mol. The van der Waals surface area contributed by atoms with E-state index in [4.69, 9.17) is 18.6 Å². The van der Waals surface area contributed by atoms with E-state index in [1.165, 1.54) is 24.3 Å². The summed E-state index contributed by atoms with van der Waals surface area (Å²) in [4.78, 5) is 6.28. The lowest BCUT2D eigenvalue weighted by Gasteiger charge is -2.25. The van der Waals surface area contributed by atoms with Crippen LogP contribution in [0.15, 0.2) is 89.5 Å². The topological polar surface area (TPSA) is 94.8 Å². The number of nitrogens with zero attached hydrogens (tertiary/aromatic N) is 4. The molecule has 1 N–H and O–H groups in total. The van der Waals surface area contributed by atoms with Gasteiger partial charge in [0.05, 0.1) is 12.2 Å². The van der Waals surface area contributed by atoms with Gasteiger partial charge in [0.15, 0.2) is 6.26 Å². The number of hydrogen-bond donors (Lipinski definition) is 1. The van der Waals surface area contributed by atoms with E-state index in [2.05, 4.69) is 38.7 Å². The van der Waals surface area contributed by atoms with Crippen molar-refractivity contribution in [1.29, 1.82) is 0 Å². The average Bonchev–Trinajstić information content (AvgIpc) is 3.59. The summed E-state index contributed by atoms with van der Waals surface area (Å²) < 4.78 is 22.7. The molecule has 0 bridgehead atoms. The van der Waals surface area contributed by atoms with Crippen LogP contribution in [-0.4, -0.2) is 21.8 Å². The van der Waals surface area contributed by atoms with E-state index in [-0.39, 0.29) is 6.01 Å². The molecule has 176 valence electrons. The molecule has 0 unspecified atom stereocenters. The van der Waals surface area contributed by atoms with E-state index in [9.17, 15) is 0 Å². The van der Waals surface area contributed by atoms with Crippen LogP contribution in [0.5, 0.6) is 5.75 Å². The fraction of sp³-hybridized carbons (Fsp3) is 0.192. The fourth-order valence-electron chi connectivity index (χ4n) is 4.16. The van der Waals surface area contributed by atoms with E-state index in [0.29, 0.717) is 29.7 Å². The van der Waals surface area contributed by atoms with E-state index >= 15 is 0 Å². The van der Waals surface area contributed by atoms with Gasteiger partial charge in [0.2, 0.25) is 5.88 Å². The Morgan fingerprint density at radius 2 is 2.09 bits per heavy atom. The summed E-state index contributed by atoms with van der Waals surface area (Å²) in [6.07, 6.45) is 14.9. The molecule has 0 saturated carbocycles. The van der Waals surface area contributed by atoms with Gasteiger partial charge in [0.25, 0.3) is 5.89 Å². The van der Waals surface area contributed by atoms with Crippen molar-refractivity contribution >= 4 is 11.8 Å². The summed E-state index contributed by atoms with van der Waals surface area (Å²) >= 11 is 0. The summed E-state index contributed by atoms with van der Waals surface area (Å²) in [5.74, 6) is 2.42. The molecule has 3 aromatic rings. The number of aromatic nitrogens is 3. The number of anilines is 2. The van der Waals surface area contributed by atoms with Crippen molar-refractivity contribution in [3.05, 3.63) is 96.3 Å². The minimum absolute atomic E-state index is 0.278. The highest BCUT2D eigenvalue weighted by atomic mass is 16.5. The molecule has 0 amide bonds. The summed E-state index contributed by atoms with van der Waals surface area (Å²) in [7, 11) is 0. The Kier molecular flexibility index (Phi) is 5.64. The summed E-state index contributed by atoms with van der Waals surface area (Å²) in [6.45, 7) is 1.35. The second kappa shape index (κ2) is 9.38. The van der Waals surface area contributed by atoms with Crippen molar-refractivity contribution in [2.24, 2.45) is 0 Å². The van der Waals surface area contributed by atoms with Gasteiger partial charge in [0, 0.05) is 24.9 Å². The van der Waals surface area contributed by atoms with Crippen LogP contribution in [-0.2, 0) is 22.4 Å². The van der Waals surface area contributed by atoms with Gasteiger partial charge in [-0.25, -0.2) is 9.88 Å². The number of rotatable bonds is 7. The van der Waals surface area contributed by atoms with Crippen LogP contribution < -0.4 is 15.0 Å². The highest BCUT2D eigenvalue weighted by Gasteiger charge is 2.26. The van der Waals surface area contributed by atoms with E-state index in [0.717, 1.165) is 42.9 Å². The molecule has 2 aromatic heterocycles. The van der Waals surface area contributed by atoms with Gasteiger partial charge in [-0.2, -0.15) is 0 Å². The standard InChI is InChI=1S/C26H23N5O4/c1-2-5-20(6-3-1)31(23-17-32-13-14-34-23)26-30-29-25(35-26)21-7-4-11-27-24(21)28-16-18-8-9-22-19(15-18)10-12-33-22/h1-2,4-5,7-9,11,13-15,17H,3,6,10,12,16H2,(H,27,28). The molecule has 0 saturated heterocycles. The third-order valence-corrected chi connectivity index (χ3v) is 5.85. The fourth-order valence-corrected chi connectivity index (χ4v) is 4.16. The van der Waals surface area contributed by atoms with Gasteiger partial charge < -0.3 is 23.9 Å². The number of hydrogen-bond acceptors (Lipinski definition) is 9. The molecule has 0 fully saturated rings. The van der Waals surface area contributed by atoms with Gasteiger partial charge in [-0.1, -0.05) is 29.4 Å². The normalized spacial score (nSPS) is 15.9. The largest absolute Gasteiger partial charge is 0.493 e. The molecule has 0 spiro atoms. The number of fused-ring (bicyclic) bond motifs is 1. The van der Waals surface area contributed by atoms with Gasteiger partial charge in [-0.05, 0) is 48.2 Å². The summed E-state index contributed by atoms with van der Waals surface area (Å²) in [6, 6.07) is 10.3. The van der Waals surface area contributed by atoms with Crippen molar-refractivity contribution < 1.29 is 18.6 Å². The molecule has 3 aliphatic rings. The van der Waals surface area contributed by atoms with E-state index < -0.39 is 0 Å². The van der Waals surface area contributed by atoms with Crippen molar-refractivity contribution in [3.63, 3.8) is 0 Å². The Balaban J connectivity index is 1.26. The zero-order chi connectivity index (χ0) is 23.5. The van der Waals surface area contributed by atoms with Crippen LogP contribution in [0.3, 0.4) is 0 Å². The number of allylic oxidation sites excluding steroid dienone is 4. The lowest BCUT2D eigenvalue weighted by Crippen LogP contribution is -2.24. The zero-order valence-corrected chi connectivity index (χ0v) is 18.9. The average molecular weight is 470 g/mol. The molecule has 9 heteroatoms. The first-order valence-electron chi connectivity index (χ1n) is 11.5. The highest BCUT2D eigenvalue weighted by Crippen LogP contribution is 2.33. The third-order valence-electron chi connectivity index (χ3n) is 5.85. The first kappa shape index (κ1) is 21.0. The molecule has 4 heterocycles. The third kappa shape index (κ3) is 4.35. The summed E-state index contributed by atoms with van der Waals surface area (Å²) in [5.41, 5.74) is 4.05. The highest BCUT2D eigenvalue weighted by molar-refractivity contribution is 5.69. The molecule has 2 aliphatic heterocycles. The second-order valence-corrected chi connectivity index (χ2v) is 8.13. The Bertz CT molecular complexity index is 1360. The molecule has 6 rings (SSSR count). The first-order chi connectivity index (χ1) is 17.3. The van der Waals surface area contributed by atoms with Crippen LogP contribution in [0.4, 0.5) is 11.8 Å². The molecule has 35 heavy (non-hydrogen) atoms. The van der Waals surface area contributed by atoms with Gasteiger partial charge in [-0.15, -0.1) is 5.10 Å². The van der Waals surface area contributed by atoms with Crippen molar-refractivity contribution in [3.8, 4) is 17.2 Å². The lowest BCUT2D eigenvalue weighted by atomic mass is 10.1. The molecular weight excluding hydrogens is 446 g/mol. The van der Waals surface area contributed by atoms with Gasteiger partial charge in [-0.3, -0.25) is 0 Å². The van der Waals surface area contributed by atoms with Crippen molar-refractivity contribution in [2.45, 2.75) is 25.8 Å². The molecule has 0 radical (unpaired) electrons. The van der Waals surface area contributed by atoms with Crippen molar-refractivity contribution in [2.75, 3.05) is 16.8 Å². The lowest BCUT2D eigenvalue weighted by molar-refractivity contribution is 0.247. The van der Waals surface area contributed by atoms with E-state index in [1.54, 1.807) is 11.1 Å². The van der Waals surface area contributed by atoms with Crippen LogP contribution in [0, 0.1) is 0 Å². The van der Waals surface area contributed by atoms with E-state index in [1.807, 2.05) is 30.4 Å². The molecule has 9 nitrogen and oxygen atoms in total. The Morgan fingerprint density at radius 3 is 2.97 bits per heavy atom. The minimum atomic E-state index is 0.278. The quantitative estimate of drug-likeness (QED) is 0.511. The van der Waals surface area contributed by atoms with Gasteiger partial charge in [0.1, 0.15) is 24.1 Å². The predicted molar refractivity (Wildman–Crippen MR) is 129 cm³/mol. The summed E-state index contributed by atoms with van der Waals surface area (Å²) in [5, 5.41) is 12.0. The maximum atomic E-state index is 6.13. The zero-order valence-electron chi connectivity index (χ0n) is 18.9. The van der Waals surface area contributed by atoms with Crippen LogP contribution in [0.25, 0.3) is 11.5 Å². The Hall–Kier alpha value is -4.53. The van der Waals surface area contributed by atoms with Crippen molar-refractivity contribution in [1.82, 2.24) is 15.2 Å². The van der Waals surface area contributed by atoms with Crippen LogP contribution >= 0.6 is 0 Å². The van der Waals surface area contributed by atoms with Crippen LogP contribution in [0.1, 0.15) is 24.0 Å². The first-order valence-corrected chi connectivity index (χ1v) is 11.5. The number of pyridine rings is 1. The SMILES string of the molecule is C1=CCCC(N(C2=COC=CO2)c2nnc(-c3cccnc3NCc3ccc4c(c3)CCO4)o2)=C1. The molecular formula is C26H23N5O4. The second-order valence-electron chi connectivity index (χ2n) is 8.13. The predicted octanol–water partition coefficient (Wildman–Crippen LogP) is 5.04. The maximum Gasteiger partial charge on any atom is 0.330 e. The smallest absolute Gasteiger partial charge is 0.330 e. The van der Waals surface area contributed by atoms with Gasteiger partial charge >= 0.3 is 6.01 Å². The molecule has 0 atom stereocenters. The Morgan fingerprint density at radius 1 is 1.09 bits per heavy atom. The van der Waals surface area contributed by atoms with Crippen LogP contribution in [0.2, 0.25) is 0 Å². The number of nitrogens with one attached hydrogen (secondary N) is 1. The number of ether oxygens (including phenoxy) is 3. The maximum absolute atomic E-state index is 6.13. The molecule has 1 aromatic carbocycles.